The standard InChI is InChI=1S/C15H24O3/c1-14(2,13(16)17-3)18-15-7-10-4-11(8-15)6-12(5-10)9-15/h10-12H,4-9H2,1-3H3. The van der Waals surface area contributed by atoms with Crippen molar-refractivity contribution >= 4 is 5.97 Å². The minimum atomic E-state index is -0.805. The Labute approximate surface area is 109 Å². The summed E-state index contributed by atoms with van der Waals surface area (Å²) >= 11 is 0. The maximum absolute atomic E-state index is 11.8. The van der Waals surface area contributed by atoms with Crippen LogP contribution in [0, 0.1) is 17.8 Å². The van der Waals surface area contributed by atoms with E-state index in [0.29, 0.717) is 0 Å². The molecular formula is C15H24O3. The molecule has 0 aromatic carbocycles. The van der Waals surface area contributed by atoms with Gasteiger partial charge in [0.15, 0.2) is 5.60 Å². The van der Waals surface area contributed by atoms with Crippen LogP contribution in [0.2, 0.25) is 0 Å². The molecule has 102 valence electrons. The van der Waals surface area contributed by atoms with E-state index in [0.717, 1.165) is 37.0 Å². The number of hydrogen-bond acceptors (Lipinski definition) is 3. The monoisotopic (exact) mass is 252 g/mol. The van der Waals surface area contributed by atoms with Gasteiger partial charge < -0.3 is 9.47 Å². The Morgan fingerprint density at radius 2 is 1.50 bits per heavy atom. The third-order valence-electron chi connectivity index (χ3n) is 5.13. The second-order valence-electron chi connectivity index (χ2n) is 7.20. The number of esters is 1. The number of rotatable bonds is 3. The van der Waals surface area contributed by atoms with Crippen LogP contribution in [-0.4, -0.2) is 24.3 Å². The predicted molar refractivity (Wildman–Crippen MR) is 68.1 cm³/mol. The lowest BCUT2D eigenvalue weighted by Gasteiger charge is -2.57. The number of ether oxygens (including phenoxy) is 2. The van der Waals surface area contributed by atoms with Crippen molar-refractivity contribution in [3.63, 3.8) is 0 Å². The van der Waals surface area contributed by atoms with E-state index in [4.69, 9.17) is 9.47 Å². The molecule has 0 radical (unpaired) electrons. The third-order valence-corrected chi connectivity index (χ3v) is 5.13. The van der Waals surface area contributed by atoms with E-state index in [1.54, 1.807) is 0 Å². The molecule has 4 saturated carbocycles. The molecular weight excluding hydrogens is 228 g/mol. The van der Waals surface area contributed by atoms with E-state index >= 15 is 0 Å². The maximum atomic E-state index is 11.8. The summed E-state index contributed by atoms with van der Waals surface area (Å²) in [5.41, 5.74) is -0.840. The van der Waals surface area contributed by atoms with Crippen molar-refractivity contribution in [2.45, 2.75) is 63.6 Å². The molecule has 0 aromatic heterocycles. The molecule has 0 aliphatic heterocycles. The van der Waals surface area contributed by atoms with E-state index in [-0.39, 0.29) is 11.6 Å². The van der Waals surface area contributed by atoms with Crippen LogP contribution in [-0.2, 0) is 14.3 Å². The van der Waals surface area contributed by atoms with Gasteiger partial charge in [0.25, 0.3) is 0 Å². The highest BCUT2D eigenvalue weighted by molar-refractivity contribution is 5.78. The first kappa shape index (κ1) is 12.5. The fourth-order valence-electron chi connectivity index (χ4n) is 4.98. The Morgan fingerprint density at radius 1 is 1.06 bits per heavy atom. The number of hydrogen-bond donors (Lipinski definition) is 0. The van der Waals surface area contributed by atoms with Crippen LogP contribution >= 0.6 is 0 Å². The van der Waals surface area contributed by atoms with Crippen molar-refractivity contribution in [1.29, 1.82) is 0 Å². The van der Waals surface area contributed by atoms with E-state index in [1.165, 1.54) is 26.4 Å². The van der Waals surface area contributed by atoms with Crippen molar-refractivity contribution in [1.82, 2.24) is 0 Å². The normalized spacial score (nSPS) is 42.1. The Balaban J connectivity index is 1.78. The Morgan fingerprint density at radius 3 is 1.89 bits per heavy atom. The van der Waals surface area contributed by atoms with Crippen molar-refractivity contribution in [2.24, 2.45) is 17.8 Å². The molecule has 4 aliphatic carbocycles. The average Bonchev–Trinajstić information content (AvgIpc) is 2.24. The number of carbonyl (C=O) groups is 1. The molecule has 4 bridgehead atoms. The van der Waals surface area contributed by atoms with Crippen LogP contribution in [0.4, 0.5) is 0 Å². The molecule has 4 aliphatic rings. The number of carbonyl (C=O) groups excluding carboxylic acids is 1. The van der Waals surface area contributed by atoms with E-state index in [1.807, 2.05) is 13.8 Å². The summed E-state index contributed by atoms with van der Waals surface area (Å²) in [6.07, 6.45) is 7.63. The summed E-state index contributed by atoms with van der Waals surface area (Å²) in [5, 5.41) is 0. The maximum Gasteiger partial charge on any atom is 0.337 e. The van der Waals surface area contributed by atoms with E-state index in [2.05, 4.69) is 0 Å². The van der Waals surface area contributed by atoms with Crippen LogP contribution in [0.3, 0.4) is 0 Å². The molecule has 18 heavy (non-hydrogen) atoms. The summed E-state index contributed by atoms with van der Waals surface area (Å²) < 4.78 is 11.2. The van der Waals surface area contributed by atoms with Gasteiger partial charge in [0.2, 0.25) is 0 Å². The molecule has 0 aromatic rings. The van der Waals surface area contributed by atoms with Gasteiger partial charge in [0.1, 0.15) is 0 Å². The summed E-state index contributed by atoms with van der Waals surface area (Å²) in [5.74, 6) is 2.26. The van der Waals surface area contributed by atoms with Gasteiger partial charge in [-0.25, -0.2) is 4.79 Å². The van der Waals surface area contributed by atoms with Gasteiger partial charge in [-0.1, -0.05) is 0 Å². The SMILES string of the molecule is COC(=O)C(C)(C)OC12CC3CC(CC(C3)C1)C2. The van der Waals surface area contributed by atoms with Gasteiger partial charge in [-0.15, -0.1) is 0 Å². The zero-order valence-corrected chi connectivity index (χ0v) is 11.7. The average molecular weight is 252 g/mol. The smallest absolute Gasteiger partial charge is 0.337 e. The summed E-state index contributed by atoms with van der Waals surface area (Å²) in [6, 6.07) is 0. The van der Waals surface area contributed by atoms with Gasteiger partial charge in [0, 0.05) is 0 Å². The minimum absolute atomic E-state index is 0.0353. The zero-order valence-electron chi connectivity index (χ0n) is 11.7. The lowest BCUT2D eigenvalue weighted by Crippen LogP contribution is -2.56. The van der Waals surface area contributed by atoms with Gasteiger partial charge in [0.05, 0.1) is 12.7 Å². The third kappa shape index (κ3) is 1.97. The fraction of sp³-hybridized carbons (Fsp3) is 0.933. The molecule has 3 heteroatoms. The highest BCUT2D eigenvalue weighted by atomic mass is 16.6. The summed E-state index contributed by atoms with van der Waals surface area (Å²) in [7, 11) is 1.44. The largest absolute Gasteiger partial charge is 0.467 e. The predicted octanol–water partition coefficient (Wildman–Crippen LogP) is 2.92. The summed E-state index contributed by atoms with van der Waals surface area (Å²) in [6.45, 7) is 3.69. The van der Waals surface area contributed by atoms with Crippen LogP contribution in [0.15, 0.2) is 0 Å². The van der Waals surface area contributed by atoms with Crippen molar-refractivity contribution in [3.05, 3.63) is 0 Å². The molecule has 0 atom stereocenters. The number of methoxy groups -OCH3 is 1. The Bertz CT molecular complexity index is 323. The molecule has 0 N–H and O–H groups in total. The highest BCUT2D eigenvalue weighted by Gasteiger charge is 2.54. The molecule has 3 nitrogen and oxygen atoms in total. The van der Waals surface area contributed by atoms with Crippen molar-refractivity contribution in [2.75, 3.05) is 7.11 Å². The first-order valence-corrected chi connectivity index (χ1v) is 7.21. The second-order valence-corrected chi connectivity index (χ2v) is 7.20. The molecule has 4 fully saturated rings. The van der Waals surface area contributed by atoms with Crippen LogP contribution in [0.25, 0.3) is 0 Å². The first-order chi connectivity index (χ1) is 8.42. The van der Waals surface area contributed by atoms with E-state index in [9.17, 15) is 4.79 Å². The lowest BCUT2D eigenvalue weighted by atomic mass is 9.54. The zero-order chi connectivity index (χ0) is 13.0. The van der Waals surface area contributed by atoms with Crippen molar-refractivity contribution < 1.29 is 14.3 Å². The molecule has 0 unspecified atom stereocenters. The molecule has 0 spiro atoms. The Kier molecular flexibility index (Phi) is 2.74. The molecule has 4 rings (SSSR count). The van der Waals surface area contributed by atoms with Gasteiger partial charge in [-0.2, -0.15) is 0 Å². The van der Waals surface area contributed by atoms with Gasteiger partial charge >= 0.3 is 5.97 Å². The van der Waals surface area contributed by atoms with Crippen LogP contribution < -0.4 is 0 Å². The molecule has 0 saturated heterocycles. The van der Waals surface area contributed by atoms with Gasteiger partial charge in [-0.3, -0.25) is 0 Å². The molecule has 0 amide bonds. The minimum Gasteiger partial charge on any atom is -0.467 e. The van der Waals surface area contributed by atoms with Crippen molar-refractivity contribution in [3.8, 4) is 0 Å². The fourth-order valence-corrected chi connectivity index (χ4v) is 4.98. The second kappa shape index (κ2) is 3.96. The lowest BCUT2D eigenvalue weighted by molar-refractivity contribution is -0.225. The first-order valence-electron chi connectivity index (χ1n) is 7.21. The quantitative estimate of drug-likeness (QED) is 0.724. The topological polar surface area (TPSA) is 35.5 Å². The summed E-state index contributed by atoms with van der Waals surface area (Å²) in [4.78, 5) is 11.8. The molecule has 0 heterocycles. The van der Waals surface area contributed by atoms with Crippen LogP contribution in [0.5, 0.6) is 0 Å². The van der Waals surface area contributed by atoms with E-state index < -0.39 is 5.60 Å². The Hall–Kier alpha value is -0.570. The highest BCUT2D eigenvalue weighted by Crippen LogP contribution is 2.57. The van der Waals surface area contributed by atoms with Crippen LogP contribution in [0.1, 0.15) is 52.4 Å². The van der Waals surface area contributed by atoms with Gasteiger partial charge in [-0.05, 0) is 70.1 Å².